The third kappa shape index (κ3) is 7.41. The van der Waals surface area contributed by atoms with Gasteiger partial charge in [0.2, 0.25) is 0 Å². The number of rotatable bonds is 6. The zero-order valence-corrected chi connectivity index (χ0v) is 18.9. The lowest BCUT2D eigenvalue weighted by molar-refractivity contribution is 0.306. The molecule has 5 heteroatoms. The molecule has 0 aromatic heterocycles. The van der Waals surface area contributed by atoms with E-state index in [-0.39, 0.29) is 11.1 Å². The highest BCUT2D eigenvalue weighted by Crippen LogP contribution is 2.17. The quantitative estimate of drug-likeness (QED) is 0.171. The van der Waals surface area contributed by atoms with Crippen LogP contribution in [-0.4, -0.2) is 11.8 Å². The summed E-state index contributed by atoms with van der Waals surface area (Å²) in [6, 6.07) is 16.2. The average molecular weight is 458 g/mol. The lowest BCUT2D eigenvalue weighted by Gasteiger charge is -2.05. The Labute approximate surface area is 198 Å². The number of halogens is 2. The molecule has 2 nitrogen and oxygen atoms in total. The summed E-state index contributed by atoms with van der Waals surface area (Å²) in [6.45, 7) is 2.86. The first-order valence-corrected chi connectivity index (χ1v) is 10.9. The average Bonchev–Trinajstić information content (AvgIpc) is 2.82. The van der Waals surface area contributed by atoms with Gasteiger partial charge >= 0.3 is 0 Å². The Balaban J connectivity index is 1.67. The number of thiocarbonyl (C=S) groups is 1. The monoisotopic (exact) mass is 457 g/mol. The van der Waals surface area contributed by atoms with Crippen molar-refractivity contribution < 1.29 is 13.5 Å². The number of aliphatic imine (C=N–C) groups is 1. The number of benzene rings is 3. The highest BCUT2D eigenvalue weighted by Gasteiger charge is 2.03. The van der Waals surface area contributed by atoms with E-state index >= 15 is 0 Å². The van der Waals surface area contributed by atoms with Crippen molar-refractivity contribution in [2.75, 3.05) is 6.61 Å². The molecule has 0 saturated heterocycles. The molecule has 33 heavy (non-hydrogen) atoms. The standard InChI is InChI=1S/C28H21F2NOS/c1-2-3-4-17-32-26-15-8-21(9-16-26)5-6-22-7-10-23(27(29)18-22)11-12-24-13-14-25(31-20-33)19-28(24)30/h7-10,13-16,18-19H,2-4,17H2,1H3. The molecule has 0 radical (unpaired) electrons. The number of hydrogen-bond donors (Lipinski definition) is 0. The zero-order valence-electron chi connectivity index (χ0n) is 18.1. The van der Waals surface area contributed by atoms with Gasteiger partial charge in [-0.3, -0.25) is 0 Å². The Morgan fingerprint density at radius 2 is 1.42 bits per heavy atom. The van der Waals surface area contributed by atoms with E-state index in [1.54, 1.807) is 12.1 Å². The summed E-state index contributed by atoms with van der Waals surface area (Å²) < 4.78 is 34.2. The maximum Gasteiger partial charge on any atom is 0.141 e. The summed E-state index contributed by atoms with van der Waals surface area (Å²) in [5, 5.41) is 2.17. The molecule has 0 aliphatic heterocycles. The van der Waals surface area contributed by atoms with E-state index in [0.29, 0.717) is 17.9 Å². The van der Waals surface area contributed by atoms with Crippen molar-refractivity contribution in [2.24, 2.45) is 4.99 Å². The van der Waals surface area contributed by atoms with Crippen molar-refractivity contribution in [3.63, 3.8) is 0 Å². The minimum Gasteiger partial charge on any atom is -0.494 e. The van der Waals surface area contributed by atoms with Gasteiger partial charge in [-0.25, -0.2) is 8.78 Å². The van der Waals surface area contributed by atoms with Crippen LogP contribution in [0.2, 0.25) is 0 Å². The number of hydrogen-bond acceptors (Lipinski definition) is 3. The number of ether oxygens (including phenoxy) is 1. The molecule has 0 bridgehead atoms. The van der Waals surface area contributed by atoms with E-state index in [9.17, 15) is 8.78 Å². The molecular formula is C28H21F2NOS. The van der Waals surface area contributed by atoms with Crippen molar-refractivity contribution in [1.29, 1.82) is 0 Å². The van der Waals surface area contributed by atoms with Crippen molar-refractivity contribution >= 4 is 23.1 Å². The van der Waals surface area contributed by atoms with Crippen molar-refractivity contribution in [2.45, 2.75) is 26.2 Å². The summed E-state index contributed by atoms with van der Waals surface area (Å²) in [7, 11) is 0. The van der Waals surface area contributed by atoms with Gasteiger partial charge < -0.3 is 4.74 Å². The van der Waals surface area contributed by atoms with Gasteiger partial charge in [-0.2, -0.15) is 4.99 Å². The van der Waals surface area contributed by atoms with Crippen LogP contribution in [-0.2, 0) is 0 Å². The smallest absolute Gasteiger partial charge is 0.141 e. The molecule has 3 rings (SSSR count). The highest BCUT2D eigenvalue weighted by molar-refractivity contribution is 7.78. The summed E-state index contributed by atoms with van der Waals surface area (Å²) in [5.41, 5.74) is 1.96. The highest BCUT2D eigenvalue weighted by atomic mass is 32.1. The first kappa shape index (κ1) is 23.9. The summed E-state index contributed by atoms with van der Waals surface area (Å²) in [6.07, 6.45) is 3.34. The Kier molecular flexibility index (Phi) is 8.92. The minimum absolute atomic E-state index is 0.138. The first-order chi connectivity index (χ1) is 16.1. The number of nitrogens with zero attached hydrogens (tertiary/aromatic N) is 1. The summed E-state index contributed by atoms with van der Waals surface area (Å²) in [5.74, 6) is 11.0. The third-order valence-corrected chi connectivity index (χ3v) is 4.74. The second-order valence-corrected chi connectivity index (χ2v) is 7.32. The maximum absolute atomic E-state index is 14.5. The molecule has 0 N–H and O–H groups in total. The van der Waals surface area contributed by atoms with Gasteiger partial charge in [-0.05, 0) is 73.2 Å². The van der Waals surface area contributed by atoms with Crippen molar-refractivity contribution in [3.05, 3.63) is 94.6 Å². The molecule has 0 amide bonds. The molecule has 0 unspecified atom stereocenters. The zero-order chi connectivity index (χ0) is 23.5. The van der Waals surface area contributed by atoms with Crippen LogP contribution in [0.15, 0.2) is 65.7 Å². The van der Waals surface area contributed by atoms with Gasteiger partial charge in [0.25, 0.3) is 0 Å². The SMILES string of the molecule is CCCCCOc1ccc(C#Cc2ccc(C#Cc3ccc(N=C=S)cc3F)c(F)c2)cc1. The lowest BCUT2D eigenvalue weighted by Crippen LogP contribution is -1.96. The fraction of sp³-hybridized carbons (Fsp3) is 0.179. The van der Waals surface area contributed by atoms with E-state index in [2.05, 4.69) is 53.0 Å². The Hall–Kier alpha value is -3.76. The second-order valence-electron chi connectivity index (χ2n) is 7.14. The molecule has 3 aromatic rings. The van der Waals surface area contributed by atoms with Gasteiger partial charge in [0.05, 0.1) is 28.6 Å². The summed E-state index contributed by atoms with van der Waals surface area (Å²) >= 11 is 4.50. The topological polar surface area (TPSA) is 21.6 Å². The van der Waals surface area contributed by atoms with E-state index in [4.69, 9.17) is 4.74 Å². The van der Waals surface area contributed by atoms with Crippen molar-refractivity contribution in [1.82, 2.24) is 0 Å². The number of isothiocyanates is 1. The van der Waals surface area contributed by atoms with Crippen LogP contribution >= 0.6 is 12.2 Å². The largest absolute Gasteiger partial charge is 0.494 e. The summed E-state index contributed by atoms with van der Waals surface area (Å²) in [4.78, 5) is 3.71. The predicted octanol–water partition coefficient (Wildman–Crippen LogP) is 7.07. The first-order valence-electron chi connectivity index (χ1n) is 10.5. The Morgan fingerprint density at radius 3 is 2.06 bits per heavy atom. The van der Waals surface area contributed by atoms with Gasteiger partial charge in [-0.1, -0.05) is 43.4 Å². The molecular weight excluding hydrogens is 436 g/mol. The molecule has 0 aliphatic carbocycles. The van der Waals surface area contributed by atoms with Crippen LogP contribution in [0.1, 0.15) is 48.4 Å². The van der Waals surface area contributed by atoms with Gasteiger partial charge in [0, 0.05) is 17.2 Å². The normalized spacial score (nSPS) is 9.67. The fourth-order valence-electron chi connectivity index (χ4n) is 2.88. The van der Waals surface area contributed by atoms with Crippen molar-refractivity contribution in [3.8, 4) is 29.4 Å². The van der Waals surface area contributed by atoms with E-state index in [1.165, 1.54) is 24.3 Å². The molecule has 3 aromatic carbocycles. The van der Waals surface area contributed by atoms with E-state index < -0.39 is 11.6 Å². The van der Waals surface area contributed by atoms with E-state index in [1.807, 2.05) is 24.3 Å². The molecule has 0 atom stereocenters. The maximum atomic E-state index is 14.5. The number of unbranched alkanes of at least 4 members (excludes halogenated alkanes) is 2. The molecule has 164 valence electrons. The molecule has 0 aliphatic rings. The molecule has 0 fully saturated rings. The van der Waals surface area contributed by atoms with Crippen LogP contribution in [0, 0.1) is 35.3 Å². The molecule has 0 spiro atoms. The van der Waals surface area contributed by atoms with Gasteiger partial charge in [0.1, 0.15) is 17.4 Å². The Bertz CT molecular complexity index is 1290. The van der Waals surface area contributed by atoms with Crippen LogP contribution in [0.25, 0.3) is 0 Å². The Morgan fingerprint density at radius 1 is 0.788 bits per heavy atom. The van der Waals surface area contributed by atoms with Crippen LogP contribution < -0.4 is 4.74 Å². The fourth-order valence-corrected chi connectivity index (χ4v) is 2.98. The van der Waals surface area contributed by atoms with Crippen LogP contribution in [0.5, 0.6) is 5.75 Å². The molecule has 0 heterocycles. The molecule has 0 saturated carbocycles. The van der Waals surface area contributed by atoms with Gasteiger partial charge in [0.15, 0.2) is 0 Å². The lowest BCUT2D eigenvalue weighted by atomic mass is 10.1. The van der Waals surface area contributed by atoms with Crippen LogP contribution in [0.3, 0.4) is 0 Å². The van der Waals surface area contributed by atoms with Crippen LogP contribution in [0.4, 0.5) is 14.5 Å². The minimum atomic E-state index is -0.561. The second kappa shape index (κ2) is 12.3. The predicted molar refractivity (Wildman–Crippen MR) is 131 cm³/mol. The van der Waals surface area contributed by atoms with Gasteiger partial charge in [-0.15, -0.1) is 0 Å². The van der Waals surface area contributed by atoms with E-state index in [0.717, 1.165) is 30.6 Å². The third-order valence-electron chi connectivity index (χ3n) is 4.65.